The number of carbonyl (C=O) groups excluding carboxylic acids is 1. The van der Waals surface area contributed by atoms with Gasteiger partial charge in [-0.3, -0.25) is 4.79 Å². The van der Waals surface area contributed by atoms with Crippen LogP contribution in [0, 0.1) is 5.92 Å². The molecule has 1 amide bonds. The first kappa shape index (κ1) is 12.7. The van der Waals surface area contributed by atoms with E-state index in [1.807, 2.05) is 6.07 Å². The SMILES string of the molecule is CC1CCC(Nc2ccc(C(N)=O)cc2N)CC1. The van der Waals surface area contributed by atoms with E-state index in [2.05, 4.69) is 12.2 Å². The topological polar surface area (TPSA) is 81.1 Å². The summed E-state index contributed by atoms with van der Waals surface area (Å²) in [5.74, 6) is 0.386. The number of nitrogens with one attached hydrogen (secondary N) is 1. The van der Waals surface area contributed by atoms with Crippen molar-refractivity contribution in [3.8, 4) is 0 Å². The number of amides is 1. The van der Waals surface area contributed by atoms with Gasteiger partial charge in [-0.05, 0) is 49.8 Å². The number of hydrogen-bond acceptors (Lipinski definition) is 3. The van der Waals surface area contributed by atoms with Crippen molar-refractivity contribution in [3.63, 3.8) is 0 Å². The molecule has 1 aromatic rings. The largest absolute Gasteiger partial charge is 0.397 e. The molecule has 4 heteroatoms. The van der Waals surface area contributed by atoms with E-state index in [1.165, 1.54) is 25.7 Å². The first-order valence-corrected chi connectivity index (χ1v) is 6.52. The van der Waals surface area contributed by atoms with E-state index in [0.29, 0.717) is 17.3 Å². The van der Waals surface area contributed by atoms with Crippen molar-refractivity contribution in [2.45, 2.75) is 38.6 Å². The van der Waals surface area contributed by atoms with E-state index in [4.69, 9.17) is 11.5 Å². The van der Waals surface area contributed by atoms with Crippen molar-refractivity contribution in [1.29, 1.82) is 0 Å². The highest BCUT2D eigenvalue weighted by molar-refractivity contribution is 5.94. The molecule has 0 atom stereocenters. The van der Waals surface area contributed by atoms with Gasteiger partial charge in [-0.25, -0.2) is 0 Å². The quantitative estimate of drug-likeness (QED) is 0.717. The normalized spacial score (nSPS) is 23.6. The maximum absolute atomic E-state index is 11.0. The van der Waals surface area contributed by atoms with Crippen LogP contribution in [0.4, 0.5) is 11.4 Å². The molecular formula is C14H21N3O. The summed E-state index contributed by atoms with van der Waals surface area (Å²) in [7, 11) is 0. The standard InChI is InChI=1S/C14H21N3O/c1-9-2-5-11(6-3-9)17-13-7-4-10(14(16)18)8-12(13)15/h4,7-9,11,17H,2-3,5-6,15H2,1H3,(H2,16,18). The Kier molecular flexibility index (Phi) is 3.75. The Bertz CT molecular complexity index is 437. The molecule has 0 unspecified atom stereocenters. The summed E-state index contributed by atoms with van der Waals surface area (Å²) in [6, 6.07) is 5.68. The maximum Gasteiger partial charge on any atom is 0.248 e. The van der Waals surface area contributed by atoms with E-state index < -0.39 is 5.91 Å². The smallest absolute Gasteiger partial charge is 0.248 e. The molecule has 98 valence electrons. The number of benzene rings is 1. The lowest BCUT2D eigenvalue weighted by atomic mass is 9.87. The second-order valence-electron chi connectivity index (χ2n) is 5.27. The van der Waals surface area contributed by atoms with Crippen molar-refractivity contribution >= 4 is 17.3 Å². The van der Waals surface area contributed by atoms with Crippen LogP contribution in [0.25, 0.3) is 0 Å². The maximum atomic E-state index is 11.0. The highest BCUT2D eigenvalue weighted by Crippen LogP contribution is 2.28. The van der Waals surface area contributed by atoms with Crippen LogP contribution >= 0.6 is 0 Å². The number of nitrogen functional groups attached to an aromatic ring is 1. The Morgan fingerprint density at radius 2 is 1.94 bits per heavy atom. The summed E-state index contributed by atoms with van der Waals surface area (Å²) in [4.78, 5) is 11.0. The second kappa shape index (κ2) is 5.29. The molecular weight excluding hydrogens is 226 g/mol. The van der Waals surface area contributed by atoms with Crippen molar-refractivity contribution in [1.82, 2.24) is 0 Å². The fourth-order valence-corrected chi connectivity index (χ4v) is 2.47. The van der Waals surface area contributed by atoms with Crippen molar-refractivity contribution in [2.24, 2.45) is 11.7 Å². The molecule has 0 bridgehead atoms. The Morgan fingerprint density at radius 3 is 2.50 bits per heavy atom. The Labute approximate surface area is 108 Å². The third kappa shape index (κ3) is 2.94. The van der Waals surface area contributed by atoms with E-state index in [1.54, 1.807) is 12.1 Å². The zero-order valence-electron chi connectivity index (χ0n) is 10.8. The molecule has 0 heterocycles. The number of hydrogen-bond donors (Lipinski definition) is 3. The Morgan fingerprint density at radius 1 is 1.28 bits per heavy atom. The molecule has 2 rings (SSSR count). The minimum absolute atomic E-state index is 0.445. The van der Waals surface area contributed by atoms with E-state index >= 15 is 0 Å². The van der Waals surface area contributed by atoms with E-state index in [0.717, 1.165) is 11.6 Å². The molecule has 18 heavy (non-hydrogen) atoms. The van der Waals surface area contributed by atoms with Crippen molar-refractivity contribution in [2.75, 3.05) is 11.1 Å². The molecule has 0 aliphatic heterocycles. The monoisotopic (exact) mass is 247 g/mol. The van der Waals surface area contributed by atoms with Gasteiger partial charge in [-0.1, -0.05) is 6.92 Å². The van der Waals surface area contributed by atoms with Gasteiger partial charge in [0.2, 0.25) is 5.91 Å². The summed E-state index contributed by atoms with van der Waals surface area (Å²) < 4.78 is 0. The van der Waals surface area contributed by atoms with Gasteiger partial charge in [0, 0.05) is 11.6 Å². The first-order valence-electron chi connectivity index (χ1n) is 6.52. The lowest BCUT2D eigenvalue weighted by molar-refractivity contribution is 0.100. The highest BCUT2D eigenvalue weighted by atomic mass is 16.1. The number of primary amides is 1. The van der Waals surface area contributed by atoms with Crippen LogP contribution < -0.4 is 16.8 Å². The number of rotatable bonds is 3. The van der Waals surface area contributed by atoms with Gasteiger partial charge in [0.05, 0.1) is 11.4 Å². The number of nitrogens with two attached hydrogens (primary N) is 2. The predicted molar refractivity (Wildman–Crippen MR) is 74.4 cm³/mol. The first-order chi connectivity index (χ1) is 8.56. The minimum atomic E-state index is -0.445. The molecule has 0 spiro atoms. The molecule has 0 radical (unpaired) electrons. The molecule has 1 aliphatic rings. The second-order valence-corrected chi connectivity index (χ2v) is 5.27. The van der Waals surface area contributed by atoms with Crippen LogP contribution in [-0.4, -0.2) is 11.9 Å². The van der Waals surface area contributed by atoms with Crippen LogP contribution in [-0.2, 0) is 0 Å². The van der Waals surface area contributed by atoms with Crippen LogP contribution in [0.2, 0.25) is 0 Å². The summed E-state index contributed by atoms with van der Waals surface area (Å²) >= 11 is 0. The predicted octanol–water partition coefficient (Wildman–Crippen LogP) is 2.36. The van der Waals surface area contributed by atoms with Crippen molar-refractivity contribution in [3.05, 3.63) is 23.8 Å². The van der Waals surface area contributed by atoms with Gasteiger partial charge in [0.1, 0.15) is 0 Å². The average molecular weight is 247 g/mol. The summed E-state index contributed by atoms with van der Waals surface area (Å²) in [5, 5.41) is 3.46. The molecule has 0 aromatic heterocycles. The fraction of sp³-hybridized carbons (Fsp3) is 0.500. The van der Waals surface area contributed by atoms with E-state index in [-0.39, 0.29) is 0 Å². The number of carbonyl (C=O) groups is 1. The molecule has 5 N–H and O–H groups in total. The van der Waals surface area contributed by atoms with Gasteiger partial charge in [-0.2, -0.15) is 0 Å². The van der Waals surface area contributed by atoms with Gasteiger partial charge in [-0.15, -0.1) is 0 Å². The lowest BCUT2D eigenvalue weighted by Crippen LogP contribution is -2.25. The lowest BCUT2D eigenvalue weighted by Gasteiger charge is -2.28. The molecule has 1 fully saturated rings. The number of anilines is 2. The van der Waals surface area contributed by atoms with Crippen LogP contribution in [0.5, 0.6) is 0 Å². The minimum Gasteiger partial charge on any atom is -0.397 e. The Hall–Kier alpha value is -1.71. The third-order valence-electron chi connectivity index (χ3n) is 3.71. The molecule has 1 aromatic carbocycles. The zero-order chi connectivity index (χ0) is 13.1. The Balaban J connectivity index is 2.03. The highest BCUT2D eigenvalue weighted by Gasteiger charge is 2.18. The van der Waals surface area contributed by atoms with Gasteiger partial charge < -0.3 is 16.8 Å². The van der Waals surface area contributed by atoms with Gasteiger partial charge >= 0.3 is 0 Å². The fourth-order valence-electron chi connectivity index (χ4n) is 2.47. The van der Waals surface area contributed by atoms with Gasteiger partial charge in [0.15, 0.2) is 0 Å². The van der Waals surface area contributed by atoms with Crippen LogP contribution in [0.1, 0.15) is 43.0 Å². The third-order valence-corrected chi connectivity index (χ3v) is 3.71. The zero-order valence-corrected chi connectivity index (χ0v) is 10.8. The average Bonchev–Trinajstić information content (AvgIpc) is 2.34. The molecule has 0 saturated heterocycles. The van der Waals surface area contributed by atoms with Crippen molar-refractivity contribution < 1.29 is 4.79 Å². The summed E-state index contributed by atoms with van der Waals surface area (Å²) in [6.07, 6.45) is 4.88. The summed E-state index contributed by atoms with van der Waals surface area (Å²) in [6.45, 7) is 2.30. The molecule has 4 nitrogen and oxygen atoms in total. The van der Waals surface area contributed by atoms with Crippen LogP contribution in [0.3, 0.4) is 0 Å². The van der Waals surface area contributed by atoms with E-state index in [9.17, 15) is 4.79 Å². The van der Waals surface area contributed by atoms with Gasteiger partial charge in [0.25, 0.3) is 0 Å². The summed E-state index contributed by atoms with van der Waals surface area (Å²) in [5.41, 5.74) is 13.1. The molecule has 1 aliphatic carbocycles. The van der Waals surface area contributed by atoms with Crippen LogP contribution in [0.15, 0.2) is 18.2 Å². The molecule has 1 saturated carbocycles.